The number of alkyl halides is 3. The predicted octanol–water partition coefficient (Wildman–Crippen LogP) is 3.97. The highest BCUT2D eigenvalue weighted by Gasteiger charge is 2.36. The van der Waals surface area contributed by atoms with Crippen molar-refractivity contribution in [2.24, 2.45) is 0 Å². The SMILES string of the molecule is CCO/C=C(/C1=CCCCC1)C(F)(F)F. The first-order valence-corrected chi connectivity index (χ1v) is 5.14. The number of ether oxygens (including phenoxy) is 1. The Bertz CT molecular complexity index is 263. The lowest BCUT2D eigenvalue weighted by atomic mass is 9.94. The molecule has 0 fully saturated rings. The van der Waals surface area contributed by atoms with Crippen LogP contribution in [0, 0.1) is 0 Å². The van der Waals surface area contributed by atoms with Crippen molar-refractivity contribution >= 4 is 0 Å². The van der Waals surface area contributed by atoms with Gasteiger partial charge in [0.1, 0.15) is 0 Å². The zero-order chi connectivity index (χ0) is 11.3. The van der Waals surface area contributed by atoms with Gasteiger partial charge in [-0.3, -0.25) is 0 Å². The van der Waals surface area contributed by atoms with Crippen molar-refractivity contribution < 1.29 is 17.9 Å². The van der Waals surface area contributed by atoms with Crippen molar-refractivity contribution in [1.29, 1.82) is 0 Å². The van der Waals surface area contributed by atoms with Gasteiger partial charge in [-0.25, -0.2) is 0 Å². The molecule has 0 atom stereocenters. The average molecular weight is 220 g/mol. The summed E-state index contributed by atoms with van der Waals surface area (Å²) in [6.07, 6.45) is 1.24. The molecular weight excluding hydrogens is 205 g/mol. The molecule has 0 aromatic rings. The minimum absolute atomic E-state index is 0.257. The Hall–Kier alpha value is -0.930. The fourth-order valence-electron chi connectivity index (χ4n) is 1.57. The lowest BCUT2D eigenvalue weighted by molar-refractivity contribution is -0.0917. The van der Waals surface area contributed by atoms with Crippen molar-refractivity contribution in [2.75, 3.05) is 6.61 Å². The molecule has 1 nitrogen and oxygen atoms in total. The molecule has 0 saturated carbocycles. The first-order chi connectivity index (χ1) is 7.05. The Balaban J connectivity index is 2.85. The number of hydrogen-bond acceptors (Lipinski definition) is 1. The summed E-state index contributed by atoms with van der Waals surface area (Å²) in [5.41, 5.74) is -0.244. The summed E-state index contributed by atoms with van der Waals surface area (Å²) >= 11 is 0. The van der Waals surface area contributed by atoms with Gasteiger partial charge in [0.05, 0.1) is 18.4 Å². The molecule has 1 aliphatic carbocycles. The highest BCUT2D eigenvalue weighted by atomic mass is 19.4. The molecule has 0 aromatic carbocycles. The maximum atomic E-state index is 12.6. The van der Waals surface area contributed by atoms with Gasteiger partial charge in [0.15, 0.2) is 0 Å². The van der Waals surface area contributed by atoms with Gasteiger partial charge in [-0.2, -0.15) is 13.2 Å². The fraction of sp³-hybridized carbons (Fsp3) is 0.636. The number of hydrogen-bond donors (Lipinski definition) is 0. The third-order valence-electron chi connectivity index (χ3n) is 2.31. The molecule has 0 saturated heterocycles. The standard InChI is InChI=1S/C11H15F3O/c1-2-15-8-10(11(12,13)14)9-6-4-3-5-7-9/h6,8H,2-5,7H2,1H3/b10-8-. The average Bonchev–Trinajstić information content (AvgIpc) is 2.18. The number of halogens is 3. The van der Waals surface area contributed by atoms with Crippen LogP contribution in [0.15, 0.2) is 23.5 Å². The van der Waals surface area contributed by atoms with Gasteiger partial charge in [0, 0.05) is 0 Å². The predicted molar refractivity (Wildman–Crippen MR) is 52.3 cm³/mol. The molecule has 0 N–H and O–H groups in total. The summed E-state index contributed by atoms with van der Waals surface area (Å²) in [5.74, 6) is 0. The van der Waals surface area contributed by atoms with E-state index in [1.54, 1.807) is 13.0 Å². The zero-order valence-electron chi connectivity index (χ0n) is 8.73. The van der Waals surface area contributed by atoms with Crippen molar-refractivity contribution in [2.45, 2.75) is 38.8 Å². The molecule has 15 heavy (non-hydrogen) atoms. The van der Waals surface area contributed by atoms with Crippen LogP contribution < -0.4 is 0 Å². The molecule has 0 unspecified atom stereocenters. The van der Waals surface area contributed by atoms with E-state index in [2.05, 4.69) is 0 Å². The zero-order valence-corrected chi connectivity index (χ0v) is 8.73. The maximum absolute atomic E-state index is 12.6. The van der Waals surface area contributed by atoms with E-state index in [9.17, 15) is 13.2 Å². The van der Waals surface area contributed by atoms with Crippen LogP contribution in [-0.4, -0.2) is 12.8 Å². The Morgan fingerprint density at radius 1 is 1.47 bits per heavy atom. The number of rotatable bonds is 3. The molecular formula is C11H15F3O. The molecule has 0 aromatic heterocycles. The largest absolute Gasteiger partial charge is 0.501 e. The Labute approximate surface area is 87.6 Å². The van der Waals surface area contributed by atoms with E-state index in [-0.39, 0.29) is 6.61 Å². The molecule has 0 aliphatic heterocycles. The van der Waals surface area contributed by atoms with E-state index >= 15 is 0 Å². The Morgan fingerprint density at radius 2 is 2.20 bits per heavy atom. The first kappa shape index (κ1) is 12.1. The summed E-state index contributed by atoms with van der Waals surface area (Å²) in [7, 11) is 0. The van der Waals surface area contributed by atoms with Gasteiger partial charge >= 0.3 is 6.18 Å². The first-order valence-electron chi connectivity index (χ1n) is 5.14. The van der Waals surface area contributed by atoms with Crippen LogP contribution in [0.25, 0.3) is 0 Å². The molecule has 1 rings (SSSR count). The van der Waals surface area contributed by atoms with E-state index in [1.807, 2.05) is 0 Å². The van der Waals surface area contributed by atoms with Gasteiger partial charge in [-0.1, -0.05) is 6.08 Å². The quantitative estimate of drug-likeness (QED) is 0.654. The minimum Gasteiger partial charge on any atom is -0.501 e. The minimum atomic E-state index is -4.31. The molecule has 0 bridgehead atoms. The van der Waals surface area contributed by atoms with Crippen LogP contribution in [0.5, 0.6) is 0 Å². The van der Waals surface area contributed by atoms with E-state index in [4.69, 9.17) is 4.74 Å². The van der Waals surface area contributed by atoms with Gasteiger partial charge in [-0.15, -0.1) is 0 Å². The summed E-state index contributed by atoms with van der Waals surface area (Å²) < 4.78 is 42.7. The van der Waals surface area contributed by atoms with Crippen molar-refractivity contribution in [3.63, 3.8) is 0 Å². The molecule has 0 heterocycles. The Kier molecular flexibility index (Phi) is 4.24. The summed E-state index contributed by atoms with van der Waals surface area (Å²) in [5, 5.41) is 0. The van der Waals surface area contributed by atoms with Crippen LogP contribution >= 0.6 is 0 Å². The molecule has 0 amide bonds. The molecule has 1 aliphatic rings. The topological polar surface area (TPSA) is 9.23 Å². The van der Waals surface area contributed by atoms with Crippen LogP contribution in [0.4, 0.5) is 13.2 Å². The second-order valence-corrected chi connectivity index (χ2v) is 3.46. The van der Waals surface area contributed by atoms with Gasteiger partial charge in [0.25, 0.3) is 0 Å². The molecule has 0 radical (unpaired) electrons. The number of allylic oxidation sites excluding steroid dienone is 3. The summed E-state index contributed by atoms with van der Waals surface area (Å²) in [4.78, 5) is 0. The van der Waals surface area contributed by atoms with Crippen molar-refractivity contribution in [1.82, 2.24) is 0 Å². The monoisotopic (exact) mass is 220 g/mol. The second kappa shape index (κ2) is 5.24. The Morgan fingerprint density at radius 3 is 2.67 bits per heavy atom. The van der Waals surface area contributed by atoms with E-state index in [1.165, 1.54) is 0 Å². The molecule has 86 valence electrons. The van der Waals surface area contributed by atoms with Crippen molar-refractivity contribution in [3.05, 3.63) is 23.5 Å². The highest BCUT2D eigenvalue weighted by Crippen LogP contribution is 2.35. The van der Waals surface area contributed by atoms with E-state index in [0.717, 1.165) is 25.5 Å². The van der Waals surface area contributed by atoms with Gasteiger partial charge in [-0.05, 0) is 38.2 Å². The van der Waals surface area contributed by atoms with Crippen LogP contribution in [-0.2, 0) is 4.74 Å². The third-order valence-corrected chi connectivity index (χ3v) is 2.31. The van der Waals surface area contributed by atoms with E-state index in [0.29, 0.717) is 12.0 Å². The normalized spacial score (nSPS) is 18.7. The van der Waals surface area contributed by atoms with Crippen molar-refractivity contribution in [3.8, 4) is 0 Å². The van der Waals surface area contributed by atoms with Gasteiger partial charge in [0.2, 0.25) is 0 Å². The lowest BCUT2D eigenvalue weighted by Crippen LogP contribution is -2.15. The molecule has 0 spiro atoms. The fourth-order valence-corrected chi connectivity index (χ4v) is 1.57. The third kappa shape index (κ3) is 3.61. The summed E-state index contributed by atoms with van der Waals surface area (Å²) in [6.45, 7) is 1.92. The molecule has 4 heteroatoms. The highest BCUT2D eigenvalue weighted by molar-refractivity contribution is 5.34. The smallest absolute Gasteiger partial charge is 0.419 e. The van der Waals surface area contributed by atoms with Crippen LogP contribution in [0.2, 0.25) is 0 Å². The maximum Gasteiger partial charge on any atom is 0.419 e. The van der Waals surface area contributed by atoms with Crippen LogP contribution in [0.1, 0.15) is 32.6 Å². The summed E-state index contributed by atoms with van der Waals surface area (Å²) in [6, 6.07) is 0. The second-order valence-electron chi connectivity index (χ2n) is 3.46. The van der Waals surface area contributed by atoms with E-state index < -0.39 is 11.7 Å². The van der Waals surface area contributed by atoms with Gasteiger partial charge < -0.3 is 4.74 Å². The lowest BCUT2D eigenvalue weighted by Gasteiger charge is -2.18. The van der Waals surface area contributed by atoms with Crippen LogP contribution in [0.3, 0.4) is 0 Å².